The van der Waals surface area contributed by atoms with Gasteiger partial charge in [-0.1, -0.05) is 0 Å². The van der Waals surface area contributed by atoms with Crippen LogP contribution >= 0.6 is 0 Å². The molecule has 0 radical (unpaired) electrons. The van der Waals surface area contributed by atoms with E-state index in [2.05, 4.69) is 5.32 Å². The van der Waals surface area contributed by atoms with Crippen LogP contribution in [0.2, 0.25) is 0 Å². The van der Waals surface area contributed by atoms with Crippen molar-refractivity contribution in [2.45, 2.75) is 12.7 Å². The largest absolute Gasteiger partial charge is 0.493 e. The summed E-state index contributed by atoms with van der Waals surface area (Å²) < 4.78 is 55.5. The van der Waals surface area contributed by atoms with Crippen LogP contribution in [0.5, 0.6) is 17.2 Å². The third-order valence-electron chi connectivity index (χ3n) is 3.71. The van der Waals surface area contributed by atoms with Crippen LogP contribution in [0.1, 0.15) is 16.7 Å². The molecular weight excluding hydrogens is 349 g/mol. The molecule has 0 saturated heterocycles. The summed E-state index contributed by atoms with van der Waals surface area (Å²) in [6.07, 6.45) is -4.59. The predicted octanol–water partition coefficient (Wildman–Crippen LogP) is 4.21. The minimum Gasteiger partial charge on any atom is -0.493 e. The molecule has 0 atom stereocenters. The average molecular weight is 366 g/mol. The lowest BCUT2D eigenvalue weighted by molar-refractivity contribution is -0.137. The molecule has 0 aliphatic carbocycles. The Bertz CT molecular complexity index is 830. The highest BCUT2D eigenvalue weighted by atomic mass is 19.4. The van der Waals surface area contributed by atoms with Crippen LogP contribution in [0, 0.1) is 11.3 Å². The first-order valence-electron chi connectivity index (χ1n) is 7.48. The van der Waals surface area contributed by atoms with E-state index in [9.17, 15) is 13.2 Å². The number of nitrogens with one attached hydrogen (secondary N) is 1. The van der Waals surface area contributed by atoms with E-state index in [-0.39, 0.29) is 17.8 Å². The lowest BCUT2D eigenvalue weighted by atomic mass is 10.1. The fraction of sp³-hybridized carbons (Fsp3) is 0.278. The first-order valence-corrected chi connectivity index (χ1v) is 7.48. The number of nitrogens with zero attached hydrogens (tertiary/aromatic N) is 1. The average Bonchev–Trinajstić information content (AvgIpc) is 2.64. The summed E-state index contributed by atoms with van der Waals surface area (Å²) in [6, 6.07) is 8.39. The van der Waals surface area contributed by atoms with Gasteiger partial charge < -0.3 is 19.5 Å². The number of ether oxygens (including phenoxy) is 3. The highest BCUT2D eigenvalue weighted by molar-refractivity contribution is 5.59. The maximum atomic E-state index is 13.2. The second-order valence-corrected chi connectivity index (χ2v) is 5.22. The Morgan fingerprint density at radius 1 is 1.00 bits per heavy atom. The van der Waals surface area contributed by atoms with Crippen LogP contribution in [0.3, 0.4) is 0 Å². The van der Waals surface area contributed by atoms with Gasteiger partial charge in [0, 0.05) is 17.8 Å². The van der Waals surface area contributed by atoms with Gasteiger partial charge in [-0.05, 0) is 30.3 Å². The molecule has 0 spiro atoms. The van der Waals surface area contributed by atoms with Crippen molar-refractivity contribution in [3.63, 3.8) is 0 Å². The highest BCUT2D eigenvalue weighted by Crippen LogP contribution is 2.40. The van der Waals surface area contributed by atoms with Crippen LogP contribution < -0.4 is 19.5 Å². The summed E-state index contributed by atoms with van der Waals surface area (Å²) in [5.74, 6) is 1.16. The summed E-state index contributed by atoms with van der Waals surface area (Å²) in [5.41, 5.74) is -0.515. The zero-order valence-corrected chi connectivity index (χ0v) is 14.4. The molecule has 5 nitrogen and oxygen atoms in total. The summed E-state index contributed by atoms with van der Waals surface area (Å²) in [4.78, 5) is 0. The number of methoxy groups -OCH3 is 3. The Morgan fingerprint density at radius 3 is 2.23 bits per heavy atom. The van der Waals surface area contributed by atoms with Gasteiger partial charge in [-0.3, -0.25) is 0 Å². The number of rotatable bonds is 6. The Hall–Kier alpha value is -3.08. The molecule has 2 aromatic carbocycles. The molecule has 2 aromatic rings. The second kappa shape index (κ2) is 7.87. The van der Waals surface area contributed by atoms with Crippen LogP contribution in [0.15, 0.2) is 30.3 Å². The Kier molecular flexibility index (Phi) is 5.82. The Labute approximate surface area is 148 Å². The van der Waals surface area contributed by atoms with Gasteiger partial charge in [-0.25, -0.2) is 0 Å². The lowest BCUT2D eigenvalue weighted by Crippen LogP contribution is -2.12. The third-order valence-corrected chi connectivity index (χ3v) is 3.71. The van der Waals surface area contributed by atoms with Gasteiger partial charge in [0.25, 0.3) is 0 Å². The Balaban J connectivity index is 2.37. The number of anilines is 1. The SMILES string of the molecule is COc1ccc(CNc2ccc(C#N)cc2C(F)(F)F)c(OC)c1OC. The number of nitriles is 1. The molecule has 26 heavy (non-hydrogen) atoms. The molecule has 1 N–H and O–H groups in total. The second-order valence-electron chi connectivity index (χ2n) is 5.22. The van der Waals surface area contributed by atoms with E-state index in [0.717, 1.165) is 6.07 Å². The monoisotopic (exact) mass is 366 g/mol. The van der Waals surface area contributed by atoms with E-state index in [4.69, 9.17) is 19.5 Å². The molecule has 0 aliphatic heterocycles. The standard InChI is InChI=1S/C18H17F3N2O3/c1-24-15-7-5-12(16(25-2)17(15)26-3)10-23-14-6-4-11(9-22)8-13(14)18(19,20)21/h4-8,23H,10H2,1-3H3. The van der Waals surface area contributed by atoms with Crippen molar-refractivity contribution in [2.75, 3.05) is 26.6 Å². The molecule has 0 heterocycles. The van der Waals surface area contributed by atoms with E-state index in [1.165, 1.54) is 33.5 Å². The van der Waals surface area contributed by atoms with Crippen LogP contribution in [0.4, 0.5) is 18.9 Å². The molecule has 0 aromatic heterocycles. The van der Waals surface area contributed by atoms with Gasteiger partial charge in [0.1, 0.15) is 0 Å². The summed E-state index contributed by atoms with van der Waals surface area (Å²) in [5, 5.41) is 11.6. The van der Waals surface area contributed by atoms with E-state index in [0.29, 0.717) is 22.8 Å². The zero-order valence-electron chi connectivity index (χ0n) is 14.4. The molecule has 0 fully saturated rings. The predicted molar refractivity (Wildman–Crippen MR) is 89.6 cm³/mol. The Morgan fingerprint density at radius 2 is 1.69 bits per heavy atom. The van der Waals surface area contributed by atoms with Gasteiger partial charge in [-0.15, -0.1) is 0 Å². The first kappa shape index (κ1) is 19.2. The number of benzene rings is 2. The molecule has 2 rings (SSSR count). The molecular formula is C18H17F3N2O3. The van der Waals surface area contributed by atoms with Gasteiger partial charge in [-0.2, -0.15) is 18.4 Å². The molecule has 0 aliphatic rings. The van der Waals surface area contributed by atoms with E-state index in [1.54, 1.807) is 18.2 Å². The van der Waals surface area contributed by atoms with Crippen molar-refractivity contribution in [3.05, 3.63) is 47.0 Å². The van der Waals surface area contributed by atoms with Crippen molar-refractivity contribution >= 4 is 5.69 Å². The normalized spacial score (nSPS) is 10.8. The molecule has 0 bridgehead atoms. The fourth-order valence-corrected chi connectivity index (χ4v) is 2.50. The van der Waals surface area contributed by atoms with E-state index >= 15 is 0 Å². The number of alkyl halides is 3. The minimum absolute atomic E-state index is 0.0541. The van der Waals surface area contributed by atoms with E-state index in [1.807, 2.05) is 0 Å². The first-order chi connectivity index (χ1) is 12.3. The molecule has 0 saturated carbocycles. The summed E-state index contributed by atoms with van der Waals surface area (Å²) in [7, 11) is 4.35. The van der Waals surface area contributed by atoms with Gasteiger partial charge >= 0.3 is 6.18 Å². The number of halogens is 3. The molecule has 8 heteroatoms. The van der Waals surface area contributed by atoms with Crippen LogP contribution in [0.25, 0.3) is 0 Å². The maximum absolute atomic E-state index is 13.2. The van der Waals surface area contributed by atoms with Gasteiger partial charge in [0.15, 0.2) is 11.5 Å². The lowest BCUT2D eigenvalue weighted by Gasteiger charge is -2.18. The topological polar surface area (TPSA) is 63.5 Å². The van der Waals surface area contributed by atoms with Crippen molar-refractivity contribution in [1.82, 2.24) is 0 Å². The van der Waals surface area contributed by atoms with Crippen LogP contribution in [-0.4, -0.2) is 21.3 Å². The van der Waals surface area contributed by atoms with E-state index < -0.39 is 11.7 Å². The zero-order chi connectivity index (χ0) is 19.3. The molecule has 0 unspecified atom stereocenters. The van der Waals surface area contributed by atoms with Gasteiger partial charge in [0.05, 0.1) is 38.5 Å². The smallest absolute Gasteiger partial charge is 0.418 e. The fourth-order valence-electron chi connectivity index (χ4n) is 2.50. The van der Waals surface area contributed by atoms with Gasteiger partial charge in [0.2, 0.25) is 5.75 Å². The molecule has 0 amide bonds. The van der Waals surface area contributed by atoms with Crippen molar-refractivity contribution < 1.29 is 27.4 Å². The summed E-state index contributed by atoms with van der Waals surface area (Å²) >= 11 is 0. The number of hydrogen-bond donors (Lipinski definition) is 1. The quantitative estimate of drug-likeness (QED) is 0.830. The minimum atomic E-state index is -4.59. The third kappa shape index (κ3) is 3.94. The molecule has 138 valence electrons. The summed E-state index contributed by atoms with van der Waals surface area (Å²) in [6.45, 7) is 0.0541. The van der Waals surface area contributed by atoms with Crippen molar-refractivity contribution in [3.8, 4) is 23.3 Å². The van der Waals surface area contributed by atoms with Crippen molar-refractivity contribution in [1.29, 1.82) is 5.26 Å². The maximum Gasteiger partial charge on any atom is 0.418 e. The van der Waals surface area contributed by atoms with Crippen molar-refractivity contribution in [2.24, 2.45) is 0 Å². The number of hydrogen-bond acceptors (Lipinski definition) is 5. The van der Waals surface area contributed by atoms with Crippen LogP contribution in [-0.2, 0) is 12.7 Å². The highest BCUT2D eigenvalue weighted by Gasteiger charge is 2.34.